The molecule has 0 aliphatic heterocycles. The van der Waals surface area contributed by atoms with Gasteiger partial charge in [0, 0.05) is 47.2 Å². The minimum absolute atomic E-state index is 0.0184. The van der Waals surface area contributed by atoms with Crippen molar-refractivity contribution in [1.82, 2.24) is 4.98 Å². The van der Waals surface area contributed by atoms with Gasteiger partial charge in [-0.3, -0.25) is 9.78 Å². The standard InChI is InChI=1S/C29H24ClF2NO/c1-2-29(31,32)24-13-7-21(8-14-24)19-26(34)18-20-5-9-22(10-6-20)27-4-3-17-33-28(27)23-11-15-25(30)16-12-23/h3-17H,2,18-19H2,1H3. The molecule has 1 aromatic heterocycles. The van der Waals surface area contributed by atoms with E-state index in [2.05, 4.69) is 4.98 Å². The van der Waals surface area contributed by atoms with Crippen LogP contribution < -0.4 is 0 Å². The average Bonchev–Trinajstić information content (AvgIpc) is 2.85. The Morgan fingerprint density at radius 1 is 0.824 bits per heavy atom. The Labute approximate surface area is 203 Å². The topological polar surface area (TPSA) is 30.0 Å². The maximum absolute atomic E-state index is 13.8. The molecule has 0 unspecified atom stereocenters. The number of hydrogen-bond acceptors (Lipinski definition) is 2. The van der Waals surface area contributed by atoms with Crippen LogP contribution in [0.4, 0.5) is 8.78 Å². The van der Waals surface area contributed by atoms with E-state index >= 15 is 0 Å². The first kappa shape index (κ1) is 23.8. The van der Waals surface area contributed by atoms with E-state index in [0.717, 1.165) is 33.5 Å². The number of rotatable bonds is 8. The number of alkyl halides is 2. The van der Waals surface area contributed by atoms with Crippen molar-refractivity contribution in [1.29, 1.82) is 0 Å². The highest BCUT2D eigenvalue weighted by Crippen LogP contribution is 2.32. The Balaban J connectivity index is 1.45. The molecule has 0 saturated carbocycles. The van der Waals surface area contributed by atoms with Crippen LogP contribution in [0.2, 0.25) is 5.02 Å². The van der Waals surface area contributed by atoms with Crippen LogP contribution in [0.5, 0.6) is 0 Å². The second-order valence-corrected chi connectivity index (χ2v) is 8.69. The summed E-state index contributed by atoms with van der Waals surface area (Å²) in [4.78, 5) is 17.1. The summed E-state index contributed by atoms with van der Waals surface area (Å²) >= 11 is 6.02. The van der Waals surface area contributed by atoms with E-state index in [1.54, 1.807) is 18.3 Å². The molecule has 0 N–H and O–H groups in total. The zero-order valence-electron chi connectivity index (χ0n) is 18.8. The highest BCUT2D eigenvalue weighted by molar-refractivity contribution is 6.30. The lowest BCUT2D eigenvalue weighted by Crippen LogP contribution is -2.12. The van der Waals surface area contributed by atoms with Gasteiger partial charge in [0.1, 0.15) is 5.78 Å². The number of Topliss-reactive ketones (excluding diaryl/α,β-unsaturated/α-hetero) is 1. The second kappa shape index (κ2) is 10.3. The van der Waals surface area contributed by atoms with Crippen molar-refractivity contribution in [2.75, 3.05) is 0 Å². The van der Waals surface area contributed by atoms with Gasteiger partial charge in [0.2, 0.25) is 0 Å². The number of benzene rings is 3. The summed E-state index contributed by atoms with van der Waals surface area (Å²) in [5.41, 5.74) is 5.45. The van der Waals surface area contributed by atoms with Crippen molar-refractivity contribution in [3.05, 3.63) is 113 Å². The van der Waals surface area contributed by atoms with Crippen LogP contribution in [0.3, 0.4) is 0 Å². The molecule has 2 nitrogen and oxygen atoms in total. The molecule has 0 amide bonds. The number of carbonyl (C=O) groups excluding carboxylic acids is 1. The van der Waals surface area contributed by atoms with Crippen molar-refractivity contribution in [2.45, 2.75) is 32.1 Å². The third kappa shape index (κ3) is 5.57. The first-order valence-corrected chi connectivity index (χ1v) is 11.5. The molecular weight excluding hydrogens is 452 g/mol. The van der Waals surface area contributed by atoms with Gasteiger partial charge in [-0.05, 0) is 34.9 Å². The molecule has 0 aliphatic rings. The van der Waals surface area contributed by atoms with Gasteiger partial charge in [-0.25, -0.2) is 8.78 Å². The largest absolute Gasteiger partial charge is 0.299 e. The summed E-state index contributed by atoms with van der Waals surface area (Å²) in [5.74, 6) is -2.81. The van der Waals surface area contributed by atoms with Gasteiger partial charge in [0.25, 0.3) is 5.92 Å². The molecule has 3 aromatic carbocycles. The molecule has 172 valence electrons. The summed E-state index contributed by atoms with van der Waals surface area (Å²) in [6.07, 6.45) is 2.01. The summed E-state index contributed by atoms with van der Waals surface area (Å²) in [5, 5.41) is 0.671. The smallest absolute Gasteiger partial charge is 0.273 e. The normalized spacial score (nSPS) is 11.4. The van der Waals surface area contributed by atoms with Crippen LogP contribution in [-0.2, 0) is 23.6 Å². The number of halogens is 3. The van der Waals surface area contributed by atoms with E-state index in [-0.39, 0.29) is 30.6 Å². The fourth-order valence-corrected chi connectivity index (χ4v) is 3.99. The highest BCUT2D eigenvalue weighted by Gasteiger charge is 2.28. The Morgan fingerprint density at radius 3 is 1.97 bits per heavy atom. The van der Waals surface area contributed by atoms with Gasteiger partial charge in [0.05, 0.1) is 5.69 Å². The van der Waals surface area contributed by atoms with E-state index in [4.69, 9.17) is 11.6 Å². The molecule has 1 heterocycles. The van der Waals surface area contributed by atoms with Crippen LogP contribution in [0, 0.1) is 0 Å². The molecule has 4 rings (SSSR count). The van der Waals surface area contributed by atoms with Gasteiger partial charge in [-0.15, -0.1) is 0 Å². The van der Waals surface area contributed by atoms with Gasteiger partial charge < -0.3 is 0 Å². The predicted octanol–water partition coefficient (Wildman–Crippen LogP) is 7.93. The summed E-state index contributed by atoms with van der Waals surface area (Å²) in [6, 6.07) is 25.4. The van der Waals surface area contributed by atoms with Crippen molar-refractivity contribution in [3.8, 4) is 22.4 Å². The maximum Gasteiger partial charge on any atom is 0.273 e. The molecule has 4 aromatic rings. The van der Waals surface area contributed by atoms with Crippen LogP contribution in [0.15, 0.2) is 91.1 Å². The maximum atomic E-state index is 13.8. The zero-order valence-corrected chi connectivity index (χ0v) is 19.5. The molecule has 0 atom stereocenters. The molecule has 0 saturated heterocycles. The van der Waals surface area contributed by atoms with Crippen LogP contribution in [0.1, 0.15) is 30.0 Å². The minimum Gasteiger partial charge on any atom is -0.299 e. The van der Waals surface area contributed by atoms with Crippen molar-refractivity contribution in [3.63, 3.8) is 0 Å². The summed E-state index contributed by atoms with van der Waals surface area (Å²) < 4.78 is 27.6. The van der Waals surface area contributed by atoms with E-state index in [1.165, 1.54) is 19.1 Å². The van der Waals surface area contributed by atoms with Crippen LogP contribution in [0.25, 0.3) is 22.4 Å². The third-order valence-electron chi connectivity index (χ3n) is 5.81. The Hall–Kier alpha value is -3.37. The lowest BCUT2D eigenvalue weighted by Gasteiger charge is -2.14. The molecule has 0 fully saturated rings. The lowest BCUT2D eigenvalue weighted by atomic mass is 9.96. The monoisotopic (exact) mass is 475 g/mol. The zero-order chi connectivity index (χ0) is 24.1. The fraction of sp³-hybridized carbons (Fsp3) is 0.172. The number of aromatic nitrogens is 1. The van der Waals surface area contributed by atoms with Gasteiger partial charge in [-0.2, -0.15) is 0 Å². The Bertz CT molecular complexity index is 1270. The number of ketones is 1. The highest BCUT2D eigenvalue weighted by atomic mass is 35.5. The molecule has 0 aliphatic carbocycles. The molecular formula is C29H24ClF2NO. The summed E-state index contributed by atoms with van der Waals surface area (Å²) in [6.45, 7) is 1.45. The van der Waals surface area contributed by atoms with E-state index in [1.807, 2.05) is 60.7 Å². The molecule has 0 spiro atoms. The average molecular weight is 476 g/mol. The molecule has 34 heavy (non-hydrogen) atoms. The van der Waals surface area contributed by atoms with Crippen molar-refractivity contribution in [2.24, 2.45) is 0 Å². The van der Waals surface area contributed by atoms with Gasteiger partial charge >= 0.3 is 0 Å². The molecule has 5 heteroatoms. The number of hydrogen-bond donors (Lipinski definition) is 0. The van der Waals surface area contributed by atoms with Gasteiger partial charge in [0.15, 0.2) is 0 Å². The second-order valence-electron chi connectivity index (χ2n) is 8.25. The number of pyridine rings is 1. The Morgan fingerprint density at radius 2 is 1.38 bits per heavy atom. The van der Waals surface area contributed by atoms with E-state index < -0.39 is 5.92 Å². The predicted molar refractivity (Wildman–Crippen MR) is 133 cm³/mol. The first-order chi connectivity index (χ1) is 16.4. The van der Waals surface area contributed by atoms with Crippen LogP contribution >= 0.6 is 11.6 Å². The fourth-order valence-electron chi connectivity index (χ4n) is 3.87. The molecule has 0 radical (unpaired) electrons. The SMILES string of the molecule is CCC(F)(F)c1ccc(CC(=O)Cc2ccc(-c3cccnc3-c3ccc(Cl)cc3)cc2)cc1. The number of carbonyl (C=O) groups is 1. The quantitative estimate of drug-likeness (QED) is 0.259. The summed E-state index contributed by atoms with van der Waals surface area (Å²) in [7, 11) is 0. The van der Waals surface area contributed by atoms with Crippen molar-refractivity contribution >= 4 is 17.4 Å². The van der Waals surface area contributed by atoms with Crippen LogP contribution in [-0.4, -0.2) is 10.8 Å². The Kier molecular flexibility index (Phi) is 7.18. The first-order valence-electron chi connectivity index (χ1n) is 11.1. The molecule has 0 bridgehead atoms. The number of nitrogens with zero attached hydrogens (tertiary/aromatic N) is 1. The minimum atomic E-state index is -2.84. The van der Waals surface area contributed by atoms with Crippen molar-refractivity contribution < 1.29 is 13.6 Å². The lowest BCUT2D eigenvalue weighted by molar-refractivity contribution is -0.117. The van der Waals surface area contributed by atoms with Gasteiger partial charge in [-0.1, -0.05) is 85.3 Å². The van der Waals surface area contributed by atoms with E-state index in [0.29, 0.717) is 5.02 Å². The third-order valence-corrected chi connectivity index (χ3v) is 6.07. The van der Waals surface area contributed by atoms with E-state index in [9.17, 15) is 13.6 Å².